The van der Waals surface area contributed by atoms with Crippen molar-refractivity contribution in [3.8, 4) is 0 Å². The van der Waals surface area contributed by atoms with E-state index >= 15 is 0 Å². The van der Waals surface area contributed by atoms with Crippen LogP contribution in [0.3, 0.4) is 0 Å². The summed E-state index contributed by atoms with van der Waals surface area (Å²) in [5.74, 6) is 0.476. The van der Waals surface area contributed by atoms with E-state index in [-0.39, 0.29) is 11.4 Å². The van der Waals surface area contributed by atoms with Gasteiger partial charge in [-0.1, -0.05) is 12.1 Å². The minimum absolute atomic E-state index is 0.0697. The van der Waals surface area contributed by atoms with Gasteiger partial charge in [0.05, 0.1) is 0 Å². The van der Waals surface area contributed by atoms with Gasteiger partial charge in [-0.05, 0) is 38.5 Å². The van der Waals surface area contributed by atoms with E-state index < -0.39 is 0 Å². The van der Waals surface area contributed by atoms with Crippen LogP contribution in [0.1, 0.15) is 37.7 Å². The van der Waals surface area contributed by atoms with E-state index in [0.29, 0.717) is 12.2 Å². The van der Waals surface area contributed by atoms with E-state index in [1.165, 1.54) is 12.1 Å². The third-order valence-electron chi connectivity index (χ3n) is 2.83. The molecule has 0 aliphatic carbocycles. The molecule has 20 heavy (non-hydrogen) atoms. The average molecular weight is 273 g/mol. The fraction of sp³-hybridized carbons (Fsp3) is 0.375. The minimum Gasteiger partial charge on any atom is -0.308 e. The maximum absolute atomic E-state index is 13.1. The molecule has 0 aliphatic heterocycles. The van der Waals surface area contributed by atoms with Gasteiger partial charge in [0.15, 0.2) is 0 Å². The quantitative estimate of drug-likeness (QED) is 0.930. The van der Waals surface area contributed by atoms with Crippen molar-refractivity contribution in [1.29, 1.82) is 0 Å². The smallest absolute Gasteiger partial charge is 0.132 e. The Kier molecular flexibility index (Phi) is 4.45. The lowest BCUT2D eigenvalue weighted by Crippen LogP contribution is -2.35. The van der Waals surface area contributed by atoms with Gasteiger partial charge in [0.2, 0.25) is 0 Å². The maximum atomic E-state index is 13.1. The van der Waals surface area contributed by atoms with Gasteiger partial charge in [-0.2, -0.15) is 0 Å². The second-order valence-electron chi connectivity index (χ2n) is 5.92. The highest BCUT2D eigenvalue weighted by Crippen LogP contribution is 2.08. The molecule has 4 heteroatoms. The summed E-state index contributed by atoms with van der Waals surface area (Å²) in [6.45, 7) is 7.09. The maximum Gasteiger partial charge on any atom is 0.132 e. The van der Waals surface area contributed by atoms with Crippen molar-refractivity contribution in [2.45, 2.75) is 39.3 Å². The molecule has 3 nitrogen and oxygen atoms in total. The van der Waals surface area contributed by atoms with Crippen LogP contribution in [0, 0.1) is 5.82 Å². The van der Waals surface area contributed by atoms with Crippen molar-refractivity contribution in [3.05, 3.63) is 59.4 Å². The number of benzene rings is 1. The van der Waals surface area contributed by atoms with Crippen molar-refractivity contribution in [2.75, 3.05) is 0 Å². The SMILES string of the molecule is CC(C)(C)NCc1cnc(Cc2cccc(F)c2)nc1. The summed E-state index contributed by atoms with van der Waals surface area (Å²) < 4.78 is 13.1. The molecule has 1 heterocycles. The molecule has 0 atom stereocenters. The first-order valence-electron chi connectivity index (χ1n) is 6.72. The van der Waals surface area contributed by atoms with E-state index in [1.807, 2.05) is 18.5 Å². The Hall–Kier alpha value is -1.81. The summed E-state index contributed by atoms with van der Waals surface area (Å²) in [6, 6.07) is 6.53. The lowest BCUT2D eigenvalue weighted by atomic mass is 10.1. The zero-order valence-corrected chi connectivity index (χ0v) is 12.2. The molecule has 0 bridgehead atoms. The highest BCUT2D eigenvalue weighted by molar-refractivity contribution is 5.20. The summed E-state index contributed by atoms with van der Waals surface area (Å²) in [5, 5.41) is 3.39. The fourth-order valence-corrected chi connectivity index (χ4v) is 1.76. The minimum atomic E-state index is -0.228. The highest BCUT2D eigenvalue weighted by Gasteiger charge is 2.08. The summed E-state index contributed by atoms with van der Waals surface area (Å²) in [6.07, 6.45) is 4.19. The monoisotopic (exact) mass is 273 g/mol. The summed E-state index contributed by atoms with van der Waals surface area (Å²) >= 11 is 0. The Morgan fingerprint density at radius 3 is 2.40 bits per heavy atom. The Morgan fingerprint density at radius 2 is 1.80 bits per heavy atom. The van der Waals surface area contributed by atoms with Crippen LogP contribution < -0.4 is 5.32 Å². The first-order chi connectivity index (χ1) is 9.42. The van der Waals surface area contributed by atoms with E-state index in [1.54, 1.807) is 6.07 Å². The van der Waals surface area contributed by atoms with Crippen molar-refractivity contribution in [2.24, 2.45) is 0 Å². The van der Waals surface area contributed by atoms with Crippen LogP contribution in [0.4, 0.5) is 4.39 Å². The standard InChI is InChI=1S/C16H20FN3/c1-16(2,3)20-11-13-9-18-15(19-10-13)8-12-5-4-6-14(17)7-12/h4-7,9-10,20H,8,11H2,1-3H3. The number of nitrogens with zero attached hydrogens (tertiary/aromatic N) is 2. The van der Waals surface area contributed by atoms with Gasteiger partial charge in [-0.25, -0.2) is 14.4 Å². The van der Waals surface area contributed by atoms with E-state index in [2.05, 4.69) is 36.1 Å². The molecule has 1 aromatic heterocycles. The third-order valence-corrected chi connectivity index (χ3v) is 2.83. The zero-order chi connectivity index (χ0) is 14.6. The predicted molar refractivity (Wildman–Crippen MR) is 77.8 cm³/mol. The van der Waals surface area contributed by atoms with Gasteiger partial charge in [-0.15, -0.1) is 0 Å². The van der Waals surface area contributed by atoms with Crippen molar-refractivity contribution < 1.29 is 4.39 Å². The molecule has 0 unspecified atom stereocenters. The Morgan fingerprint density at radius 1 is 1.10 bits per heavy atom. The second-order valence-corrected chi connectivity index (χ2v) is 5.92. The molecule has 0 saturated carbocycles. The fourth-order valence-electron chi connectivity index (χ4n) is 1.76. The van der Waals surface area contributed by atoms with Crippen molar-refractivity contribution in [3.63, 3.8) is 0 Å². The molecule has 2 rings (SSSR count). The largest absolute Gasteiger partial charge is 0.308 e. The number of rotatable bonds is 4. The summed E-state index contributed by atoms with van der Waals surface area (Å²) in [7, 11) is 0. The van der Waals surface area contributed by atoms with Crippen LogP contribution in [0.2, 0.25) is 0 Å². The number of hydrogen-bond acceptors (Lipinski definition) is 3. The van der Waals surface area contributed by atoms with Gasteiger partial charge in [0, 0.05) is 36.5 Å². The molecule has 0 radical (unpaired) electrons. The van der Waals surface area contributed by atoms with Crippen LogP contribution in [0.15, 0.2) is 36.7 Å². The van der Waals surface area contributed by atoms with Crippen LogP contribution in [0.25, 0.3) is 0 Å². The zero-order valence-electron chi connectivity index (χ0n) is 12.2. The van der Waals surface area contributed by atoms with E-state index in [4.69, 9.17) is 0 Å². The first kappa shape index (κ1) is 14.6. The number of nitrogens with one attached hydrogen (secondary N) is 1. The van der Waals surface area contributed by atoms with Crippen LogP contribution in [-0.2, 0) is 13.0 Å². The molecule has 1 aromatic carbocycles. The topological polar surface area (TPSA) is 37.8 Å². The molecule has 0 aliphatic rings. The lowest BCUT2D eigenvalue weighted by Gasteiger charge is -2.20. The molecular weight excluding hydrogens is 253 g/mol. The Labute approximate surface area is 119 Å². The van der Waals surface area contributed by atoms with Gasteiger partial charge in [0.1, 0.15) is 11.6 Å². The molecule has 0 spiro atoms. The van der Waals surface area contributed by atoms with Gasteiger partial charge in [-0.3, -0.25) is 0 Å². The molecular formula is C16H20FN3. The van der Waals surface area contributed by atoms with Gasteiger partial charge in [0.25, 0.3) is 0 Å². The normalized spacial score (nSPS) is 11.6. The molecule has 0 saturated heterocycles. The first-order valence-corrected chi connectivity index (χ1v) is 6.72. The number of hydrogen-bond donors (Lipinski definition) is 1. The summed E-state index contributed by atoms with van der Waals surface area (Å²) in [4.78, 5) is 8.66. The molecule has 0 fully saturated rings. The predicted octanol–water partition coefficient (Wildman–Crippen LogP) is 3.09. The molecule has 0 amide bonds. The Balaban J connectivity index is 1.98. The molecule has 106 valence electrons. The molecule has 1 N–H and O–H groups in total. The van der Waals surface area contributed by atoms with Gasteiger partial charge < -0.3 is 5.32 Å². The number of halogens is 1. The second kappa shape index (κ2) is 6.09. The van der Waals surface area contributed by atoms with E-state index in [9.17, 15) is 4.39 Å². The number of aromatic nitrogens is 2. The summed E-state index contributed by atoms with van der Waals surface area (Å²) in [5.41, 5.74) is 1.99. The van der Waals surface area contributed by atoms with Crippen LogP contribution in [0.5, 0.6) is 0 Å². The van der Waals surface area contributed by atoms with Gasteiger partial charge >= 0.3 is 0 Å². The Bertz CT molecular complexity index is 559. The van der Waals surface area contributed by atoms with Crippen LogP contribution >= 0.6 is 0 Å². The molecule has 2 aromatic rings. The third kappa shape index (κ3) is 4.70. The van der Waals surface area contributed by atoms with Crippen molar-refractivity contribution >= 4 is 0 Å². The van der Waals surface area contributed by atoms with Crippen LogP contribution in [-0.4, -0.2) is 15.5 Å². The average Bonchev–Trinajstić information content (AvgIpc) is 2.37. The lowest BCUT2D eigenvalue weighted by molar-refractivity contribution is 0.423. The van der Waals surface area contributed by atoms with E-state index in [0.717, 1.165) is 17.7 Å². The van der Waals surface area contributed by atoms with Crippen molar-refractivity contribution in [1.82, 2.24) is 15.3 Å². The highest BCUT2D eigenvalue weighted by atomic mass is 19.1.